The average molecular weight is 366 g/mol. The standard InChI is InChI=1S/C23H31N3O/c1-2-23(13-10-20(27)24-16-8-9-16)12-5-14-26-15-11-18-17-6-3-4-7-19(17)25-21(18)22(23)26/h3-4,6-7,16,22,25H,2,5,8-15H2,1H3,(H,24,27)/t22-,23-/m1/s1. The van der Waals surface area contributed by atoms with Gasteiger partial charge in [-0.2, -0.15) is 0 Å². The van der Waals surface area contributed by atoms with E-state index in [-0.39, 0.29) is 11.3 Å². The second kappa shape index (κ2) is 6.66. The number of carbonyl (C=O) groups is 1. The number of benzene rings is 1. The molecule has 3 heterocycles. The SMILES string of the molecule is CC[C@]1(CCC(=O)NC2CC2)CCCN2CCc3c([nH]c4ccccc34)[C@@H]21. The minimum atomic E-state index is 0.204. The summed E-state index contributed by atoms with van der Waals surface area (Å²) in [7, 11) is 0. The number of aromatic amines is 1. The van der Waals surface area contributed by atoms with E-state index in [0.717, 1.165) is 25.8 Å². The number of carbonyl (C=O) groups excluding carboxylic acids is 1. The zero-order chi connectivity index (χ0) is 18.4. The quantitative estimate of drug-likeness (QED) is 0.829. The van der Waals surface area contributed by atoms with E-state index in [1.54, 1.807) is 0 Å². The minimum absolute atomic E-state index is 0.204. The Morgan fingerprint density at radius 1 is 1.30 bits per heavy atom. The number of nitrogens with one attached hydrogen (secondary N) is 2. The van der Waals surface area contributed by atoms with Gasteiger partial charge in [0, 0.05) is 35.6 Å². The maximum absolute atomic E-state index is 12.4. The van der Waals surface area contributed by atoms with Gasteiger partial charge < -0.3 is 10.3 Å². The summed E-state index contributed by atoms with van der Waals surface area (Å²) in [5, 5.41) is 4.58. The van der Waals surface area contributed by atoms with Gasteiger partial charge in [-0.15, -0.1) is 0 Å². The van der Waals surface area contributed by atoms with E-state index in [1.807, 2.05) is 0 Å². The van der Waals surface area contributed by atoms with E-state index in [2.05, 4.69) is 46.4 Å². The number of hydrogen-bond acceptors (Lipinski definition) is 2. The van der Waals surface area contributed by atoms with Crippen LogP contribution in [0, 0.1) is 5.41 Å². The van der Waals surface area contributed by atoms with Gasteiger partial charge in [0.25, 0.3) is 0 Å². The number of rotatable bonds is 5. The summed E-state index contributed by atoms with van der Waals surface area (Å²) in [6.07, 6.45) is 8.76. The number of nitrogens with zero attached hydrogens (tertiary/aromatic N) is 1. The highest BCUT2D eigenvalue weighted by atomic mass is 16.1. The minimum Gasteiger partial charge on any atom is -0.357 e. The van der Waals surface area contributed by atoms with Crippen LogP contribution in [0.25, 0.3) is 10.9 Å². The second-order valence-electron chi connectivity index (χ2n) is 8.91. The summed E-state index contributed by atoms with van der Waals surface area (Å²) < 4.78 is 0. The first-order chi connectivity index (χ1) is 13.2. The zero-order valence-corrected chi connectivity index (χ0v) is 16.4. The normalized spacial score (nSPS) is 28.0. The summed E-state index contributed by atoms with van der Waals surface area (Å²) in [5.41, 5.74) is 4.43. The molecule has 1 aromatic heterocycles. The van der Waals surface area contributed by atoms with Gasteiger partial charge in [0.05, 0.1) is 6.04 Å². The first-order valence-corrected chi connectivity index (χ1v) is 10.8. The van der Waals surface area contributed by atoms with Gasteiger partial charge in [0.2, 0.25) is 5.91 Å². The van der Waals surface area contributed by atoms with Crippen LogP contribution in [0.2, 0.25) is 0 Å². The van der Waals surface area contributed by atoms with E-state index in [9.17, 15) is 4.79 Å². The molecule has 2 aromatic rings. The molecule has 5 rings (SSSR count). The molecule has 4 nitrogen and oxygen atoms in total. The monoisotopic (exact) mass is 365 g/mol. The molecule has 2 aliphatic heterocycles. The van der Waals surface area contributed by atoms with Gasteiger partial charge in [-0.05, 0) is 68.5 Å². The second-order valence-corrected chi connectivity index (χ2v) is 8.91. The Balaban J connectivity index is 1.48. The van der Waals surface area contributed by atoms with E-state index in [1.165, 1.54) is 54.4 Å². The topological polar surface area (TPSA) is 48.1 Å². The number of amides is 1. The van der Waals surface area contributed by atoms with Crippen molar-refractivity contribution in [3.8, 4) is 0 Å². The zero-order valence-electron chi connectivity index (χ0n) is 16.4. The summed E-state index contributed by atoms with van der Waals surface area (Å²) in [6, 6.07) is 9.64. The first-order valence-electron chi connectivity index (χ1n) is 10.8. The van der Waals surface area contributed by atoms with Crippen LogP contribution in [-0.4, -0.2) is 34.9 Å². The van der Waals surface area contributed by atoms with Gasteiger partial charge >= 0.3 is 0 Å². The lowest BCUT2D eigenvalue weighted by Gasteiger charge is -2.52. The van der Waals surface area contributed by atoms with Gasteiger partial charge in [0.15, 0.2) is 0 Å². The number of piperidine rings is 1. The fourth-order valence-corrected chi connectivity index (χ4v) is 5.69. The van der Waals surface area contributed by atoms with E-state index >= 15 is 0 Å². The smallest absolute Gasteiger partial charge is 0.220 e. The van der Waals surface area contributed by atoms with Crippen molar-refractivity contribution >= 4 is 16.8 Å². The van der Waals surface area contributed by atoms with Crippen LogP contribution < -0.4 is 5.32 Å². The van der Waals surface area contributed by atoms with Gasteiger partial charge in [-0.25, -0.2) is 0 Å². The van der Waals surface area contributed by atoms with Crippen molar-refractivity contribution in [2.24, 2.45) is 5.41 Å². The van der Waals surface area contributed by atoms with E-state index in [4.69, 9.17) is 0 Å². The molecular weight excluding hydrogens is 334 g/mol. The van der Waals surface area contributed by atoms with Crippen molar-refractivity contribution in [1.82, 2.24) is 15.2 Å². The summed E-state index contributed by atoms with van der Waals surface area (Å²) in [4.78, 5) is 18.9. The van der Waals surface area contributed by atoms with Crippen molar-refractivity contribution < 1.29 is 4.79 Å². The molecule has 144 valence electrons. The van der Waals surface area contributed by atoms with Crippen molar-refractivity contribution in [3.63, 3.8) is 0 Å². The lowest BCUT2D eigenvalue weighted by atomic mass is 9.65. The molecule has 1 aliphatic carbocycles. The molecule has 0 unspecified atom stereocenters. The van der Waals surface area contributed by atoms with Crippen molar-refractivity contribution in [1.29, 1.82) is 0 Å². The highest BCUT2D eigenvalue weighted by Gasteiger charge is 2.47. The lowest BCUT2D eigenvalue weighted by molar-refractivity contribution is -0.122. The van der Waals surface area contributed by atoms with Crippen LogP contribution in [0.15, 0.2) is 24.3 Å². The molecule has 2 N–H and O–H groups in total. The average Bonchev–Trinajstić information content (AvgIpc) is 3.43. The van der Waals surface area contributed by atoms with Crippen molar-refractivity contribution in [2.45, 2.75) is 70.4 Å². The highest BCUT2D eigenvalue weighted by molar-refractivity contribution is 5.85. The molecule has 0 radical (unpaired) electrons. The molecule has 1 amide bonds. The van der Waals surface area contributed by atoms with Crippen LogP contribution in [0.4, 0.5) is 0 Å². The highest BCUT2D eigenvalue weighted by Crippen LogP contribution is 2.53. The maximum atomic E-state index is 12.4. The Kier molecular flexibility index (Phi) is 4.27. The Bertz CT molecular complexity index is 852. The van der Waals surface area contributed by atoms with Crippen molar-refractivity contribution in [2.75, 3.05) is 13.1 Å². The molecular formula is C23H31N3O. The molecule has 3 aliphatic rings. The molecule has 27 heavy (non-hydrogen) atoms. The van der Waals surface area contributed by atoms with Gasteiger partial charge in [-0.3, -0.25) is 9.69 Å². The molecule has 1 aromatic carbocycles. The number of hydrogen-bond donors (Lipinski definition) is 2. The fraction of sp³-hybridized carbons (Fsp3) is 0.609. The Morgan fingerprint density at radius 3 is 2.96 bits per heavy atom. The largest absolute Gasteiger partial charge is 0.357 e. The summed E-state index contributed by atoms with van der Waals surface area (Å²) in [6.45, 7) is 4.67. The third-order valence-electron chi connectivity index (χ3n) is 7.33. The third kappa shape index (κ3) is 2.98. The molecule has 1 saturated carbocycles. The van der Waals surface area contributed by atoms with Crippen LogP contribution >= 0.6 is 0 Å². The fourth-order valence-electron chi connectivity index (χ4n) is 5.69. The number of H-pyrrole nitrogens is 1. The van der Waals surface area contributed by atoms with E-state index < -0.39 is 0 Å². The van der Waals surface area contributed by atoms with Crippen LogP contribution in [0.1, 0.15) is 69.2 Å². The van der Waals surface area contributed by atoms with Crippen LogP contribution in [0.3, 0.4) is 0 Å². The number of fused-ring (bicyclic) bond motifs is 5. The maximum Gasteiger partial charge on any atom is 0.220 e. The summed E-state index contributed by atoms with van der Waals surface area (Å²) >= 11 is 0. The molecule has 0 bridgehead atoms. The molecule has 1 saturated heterocycles. The molecule has 2 fully saturated rings. The molecule has 0 spiro atoms. The molecule has 4 heteroatoms. The van der Waals surface area contributed by atoms with Crippen molar-refractivity contribution in [3.05, 3.63) is 35.5 Å². The number of aromatic nitrogens is 1. The van der Waals surface area contributed by atoms with E-state index in [0.29, 0.717) is 18.5 Å². The lowest BCUT2D eigenvalue weighted by Crippen LogP contribution is -2.49. The number of para-hydroxylation sites is 1. The Morgan fingerprint density at radius 2 is 2.15 bits per heavy atom. The Labute approximate surface area is 161 Å². The molecule has 2 atom stereocenters. The van der Waals surface area contributed by atoms with Crippen LogP contribution in [0.5, 0.6) is 0 Å². The Hall–Kier alpha value is -1.81. The van der Waals surface area contributed by atoms with Gasteiger partial charge in [0.1, 0.15) is 0 Å². The predicted octanol–water partition coefficient (Wildman–Crippen LogP) is 4.32. The summed E-state index contributed by atoms with van der Waals surface area (Å²) in [5.74, 6) is 0.259. The predicted molar refractivity (Wildman–Crippen MR) is 109 cm³/mol. The third-order valence-corrected chi connectivity index (χ3v) is 7.33. The van der Waals surface area contributed by atoms with Gasteiger partial charge in [-0.1, -0.05) is 25.1 Å². The van der Waals surface area contributed by atoms with Crippen LogP contribution in [-0.2, 0) is 11.2 Å². The first kappa shape index (κ1) is 17.3.